The van der Waals surface area contributed by atoms with Crippen LogP contribution in [0.15, 0.2) is 17.0 Å². The summed E-state index contributed by atoms with van der Waals surface area (Å²) >= 11 is 1.16. The molecule has 2 N–H and O–H groups in total. The molecule has 0 heterocycles. The quantitative estimate of drug-likeness (QED) is 0.641. The molecule has 2 nitrogen and oxygen atoms in total. The normalized spacial score (nSPS) is 12.8. The van der Waals surface area contributed by atoms with Crippen LogP contribution in [0.4, 0.5) is 14.5 Å². The van der Waals surface area contributed by atoms with Crippen LogP contribution in [0.3, 0.4) is 0 Å². The van der Waals surface area contributed by atoms with Crippen LogP contribution in [-0.2, 0) is 4.74 Å². The van der Waals surface area contributed by atoms with E-state index in [4.69, 9.17) is 10.5 Å². The van der Waals surface area contributed by atoms with E-state index < -0.39 is 11.6 Å². The van der Waals surface area contributed by atoms with Gasteiger partial charge < -0.3 is 10.5 Å². The molecule has 1 aromatic rings. The average molecular weight is 247 g/mol. The van der Waals surface area contributed by atoms with Crippen LogP contribution in [0, 0.1) is 11.6 Å². The molecule has 0 spiro atoms. The van der Waals surface area contributed by atoms with E-state index >= 15 is 0 Å². The van der Waals surface area contributed by atoms with Crippen molar-refractivity contribution in [2.45, 2.75) is 23.5 Å². The van der Waals surface area contributed by atoms with Crippen molar-refractivity contribution < 1.29 is 13.5 Å². The maximum atomic E-state index is 13.4. The minimum Gasteiger partial charge on any atom is -0.399 e. The molecule has 1 aromatic carbocycles. The Bertz CT molecular complexity index is 337. The van der Waals surface area contributed by atoms with Crippen molar-refractivity contribution in [3.05, 3.63) is 23.8 Å². The Morgan fingerprint density at radius 1 is 1.38 bits per heavy atom. The van der Waals surface area contributed by atoms with Crippen LogP contribution in [-0.4, -0.2) is 19.0 Å². The van der Waals surface area contributed by atoms with Gasteiger partial charge in [0.1, 0.15) is 11.6 Å². The third kappa shape index (κ3) is 3.64. The molecule has 0 bridgehead atoms. The lowest BCUT2D eigenvalue weighted by atomic mass is 10.3. The highest BCUT2D eigenvalue weighted by atomic mass is 32.2. The van der Waals surface area contributed by atoms with Crippen LogP contribution < -0.4 is 5.73 Å². The van der Waals surface area contributed by atoms with Crippen molar-refractivity contribution in [2.24, 2.45) is 0 Å². The van der Waals surface area contributed by atoms with E-state index in [2.05, 4.69) is 0 Å². The molecule has 5 heteroatoms. The number of benzene rings is 1. The number of rotatable bonds is 5. The molecule has 0 aliphatic carbocycles. The predicted octanol–water partition coefficient (Wildman–Crippen LogP) is 3.06. The predicted molar refractivity (Wildman–Crippen MR) is 62.6 cm³/mol. The Morgan fingerprint density at radius 3 is 2.44 bits per heavy atom. The lowest BCUT2D eigenvalue weighted by molar-refractivity contribution is 0.195. The van der Waals surface area contributed by atoms with Crippen molar-refractivity contribution in [1.82, 2.24) is 0 Å². The third-order valence-corrected chi connectivity index (χ3v) is 3.33. The van der Waals surface area contributed by atoms with Crippen molar-refractivity contribution >= 4 is 17.4 Å². The first-order valence-corrected chi connectivity index (χ1v) is 5.82. The summed E-state index contributed by atoms with van der Waals surface area (Å²) in [7, 11) is 1.60. The second-order valence-corrected chi connectivity index (χ2v) is 4.97. The van der Waals surface area contributed by atoms with E-state index in [1.165, 1.54) is 0 Å². The standard InChI is InChI=1S/C11H15F2NOS/c1-7(3-4-15-2)16-11-9(12)5-8(14)6-10(11)13/h5-7H,3-4,14H2,1-2H3. The minimum absolute atomic E-state index is 0.0257. The minimum atomic E-state index is -0.605. The van der Waals surface area contributed by atoms with Gasteiger partial charge in [0.2, 0.25) is 0 Å². The van der Waals surface area contributed by atoms with Gasteiger partial charge in [0.05, 0.1) is 4.90 Å². The second kappa shape index (κ2) is 6.06. The van der Waals surface area contributed by atoms with Crippen LogP contribution >= 0.6 is 11.8 Å². The Kier molecular flexibility index (Phi) is 5.02. The Labute approximate surface area is 98.2 Å². The number of hydrogen-bond donors (Lipinski definition) is 1. The number of nitrogen functional groups attached to an aromatic ring is 1. The van der Waals surface area contributed by atoms with E-state index in [0.717, 1.165) is 30.3 Å². The highest BCUT2D eigenvalue weighted by Gasteiger charge is 2.14. The fraction of sp³-hybridized carbons (Fsp3) is 0.455. The molecular formula is C11H15F2NOS. The molecule has 0 saturated carbocycles. The highest BCUT2D eigenvalue weighted by molar-refractivity contribution is 8.00. The Morgan fingerprint density at radius 2 is 1.94 bits per heavy atom. The van der Waals surface area contributed by atoms with Crippen molar-refractivity contribution in [3.63, 3.8) is 0 Å². The summed E-state index contributed by atoms with van der Waals surface area (Å²) in [6.45, 7) is 2.48. The SMILES string of the molecule is COCCC(C)Sc1c(F)cc(N)cc1F. The molecule has 1 rings (SSSR count). The Balaban J connectivity index is 2.73. The molecule has 0 aliphatic heterocycles. The number of methoxy groups -OCH3 is 1. The zero-order valence-corrected chi connectivity index (χ0v) is 10.1. The first-order valence-electron chi connectivity index (χ1n) is 4.94. The monoisotopic (exact) mass is 247 g/mol. The second-order valence-electron chi connectivity index (χ2n) is 3.52. The van der Waals surface area contributed by atoms with Gasteiger partial charge in [-0.1, -0.05) is 6.92 Å². The Hall–Kier alpha value is -0.810. The fourth-order valence-electron chi connectivity index (χ4n) is 1.24. The molecule has 1 atom stereocenters. The lowest BCUT2D eigenvalue weighted by Gasteiger charge is -2.12. The molecular weight excluding hydrogens is 232 g/mol. The van der Waals surface area contributed by atoms with Gasteiger partial charge in [0, 0.05) is 24.7 Å². The zero-order valence-electron chi connectivity index (χ0n) is 9.30. The van der Waals surface area contributed by atoms with Crippen LogP contribution in [0.1, 0.15) is 13.3 Å². The molecule has 0 fully saturated rings. The van der Waals surface area contributed by atoms with Gasteiger partial charge in [-0.25, -0.2) is 8.78 Å². The number of hydrogen-bond acceptors (Lipinski definition) is 3. The summed E-state index contributed by atoms with van der Waals surface area (Å²) in [5, 5.41) is 0.0903. The summed E-state index contributed by atoms with van der Waals surface area (Å²) in [5.74, 6) is -1.21. The van der Waals surface area contributed by atoms with Crippen molar-refractivity contribution in [2.75, 3.05) is 19.5 Å². The van der Waals surface area contributed by atoms with Crippen LogP contribution in [0.25, 0.3) is 0 Å². The number of thioether (sulfide) groups is 1. The summed E-state index contributed by atoms with van der Waals surface area (Å²) in [6, 6.07) is 2.27. The van der Waals surface area contributed by atoms with E-state index in [-0.39, 0.29) is 15.8 Å². The summed E-state index contributed by atoms with van der Waals surface area (Å²) in [5.41, 5.74) is 5.43. The van der Waals surface area contributed by atoms with E-state index in [0.29, 0.717) is 6.61 Å². The molecule has 0 saturated heterocycles. The number of ether oxygens (including phenoxy) is 1. The molecule has 16 heavy (non-hydrogen) atoms. The molecule has 1 unspecified atom stereocenters. The van der Waals surface area contributed by atoms with Gasteiger partial charge in [0.15, 0.2) is 0 Å². The highest BCUT2D eigenvalue weighted by Crippen LogP contribution is 2.31. The van der Waals surface area contributed by atoms with Gasteiger partial charge in [-0.15, -0.1) is 11.8 Å². The average Bonchev–Trinajstić information content (AvgIpc) is 2.20. The van der Waals surface area contributed by atoms with Gasteiger partial charge >= 0.3 is 0 Å². The van der Waals surface area contributed by atoms with Gasteiger partial charge in [-0.2, -0.15) is 0 Å². The smallest absolute Gasteiger partial charge is 0.141 e. The van der Waals surface area contributed by atoms with Gasteiger partial charge in [-0.05, 0) is 18.6 Å². The first kappa shape index (κ1) is 13.3. The van der Waals surface area contributed by atoms with E-state index in [1.54, 1.807) is 7.11 Å². The largest absolute Gasteiger partial charge is 0.399 e. The topological polar surface area (TPSA) is 35.2 Å². The zero-order chi connectivity index (χ0) is 12.1. The van der Waals surface area contributed by atoms with Crippen LogP contribution in [0.2, 0.25) is 0 Å². The third-order valence-electron chi connectivity index (χ3n) is 2.07. The van der Waals surface area contributed by atoms with E-state index in [1.807, 2.05) is 6.92 Å². The van der Waals surface area contributed by atoms with Gasteiger partial charge in [-0.3, -0.25) is 0 Å². The number of anilines is 1. The molecule has 0 radical (unpaired) electrons. The first-order chi connectivity index (χ1) is 7.54. The maximum Gasteiger partial charge on any atom is 0.141 e. The molecule has 0 aromatic heterocycles. The summed E-state index contributed by atoms with van der Waals surface area (Å²) in [6.07, 6.45) is 0.740. The molecule has 90 valence electrons. The van der Waals surface area contributed by atoms with E-state index in [9.17, 15) is 8.78 Å². The number of nitrogens with two attached hydrogens (primary N) is 1. The summed E-state index contributed by atoms with van der Waals surface area (Å²) < 4.78 is 31.8. The molecule has 0 aliphatic rings. The molecule has 0 amide bonds. The van der Waals surface area contributed by atoms with Crippen LogP contribution in [0.5, 0.6) is 0 Å². The van der Waals surface area contributed by atoms with Gasteiger partial charge in [0.25, 0.3) is 0 Å². The lowest BCUT2D eigenvalue weighted by Crippen LogP contribution is -2.03. The summed E-state index contributed by atoms with van der Waals surface area (Å²) in [4.78, 5) is 0.0257. The van der Waals surface area contributed by atoms with Crippen molar-refractivity contribution in [3.8, 4) is 0 Å². The maximum absolute atomic E-state index is 13.4. The van der Waals surface area contributed by atoms with Crippen molar-refractivity contribution in [1.29, 1.82) is 0 Å². The fourth-order valence-corrected chi connectivity index (χ4v) is 2.20. The number of halogens is 2.